The molecule has 0 aromatic heterocycles. The molecule has 4 heteroatoms. The number of amidine groups is 1. The Labute approximate surface area is 90.9 Å². The third-order valence-corrected chi connectivity index (χ3v) is 3.66. The van der Waals surface area contributed by atoms with Gasteiger partial charge in [-0.2, -0.15) is 11.8 Å². The van der Waals surface area contributed by atoms with Crippen LogP contribution in [0.25, 0.3) is 0 Å². The lowest BCUT2D eigenvalue weighted by Crippen LogP contribution is -2.39. The van der Waals surface area contributed by atoms with Gasteiger partial charge in [0.25, 0.3) is 0 Å². The van der Waals surface area contributed by atoms with E-state index in [1.807, 2.05) is 11.8 Å². The number of nitrogens with zero attached hydrogens (tertiary/aromatic N) is 1. The summed E-state index contributed by atoms with van der Waals surface area (Å²) in [6.07, 6.45) is 2.15. The molecule has 3 N–H and O–H groups in total. The zero-order chi connectivity index (χ0) is 10.4. The second-order valence-corrected chi connectivity index (χ2v) is 5.16. The monoisotopic (exact) mass is 215 g/mol. The van der Waals surface area contributed by atoms with Gasteiger partial charge in [-0.05, 0) is 31.7 Å². The molecule has 0 aromatic rings. The summed E-state index contributed by atoms with van der Waals surface area (Å²) in [5, 5.41) is 7.38. The van der Waals surface area contributed by atoms with Crippen molar-refractivity contribution in [2.24, 2.45) is 11.7 Å². The first-order valence-electron chi connectivity index (χ1n) is 5.38. The second kappa shape index (κ2) is 6.30. The first kappa shape index (κ1) is 11.9. The van der Waals surface area contributed by atoms with Crippen molar-refractivity contribution in [2.75, 3.05) is 31.1 Å². The van der Waals surface area contributed by atoms with E-state index in [2.05, 4.69) is 11.8 Å². The highest BCUT2D eigenvalue weighted by Crippen LogP contribution is 2.16. The van der Waals surface area contributed by atoms with Crippen LogP contribution in [0.2, 0.25) is 0 Å². The summed E-state index contributed by atoms with van der Waals surface area (Å²) in [4.78, 5) is 2.49. The van der Waals surface area contributed by atoms with Gasteiger partial charge in [0.1, 0.15) is 0 Å². The maximum atomic E-state index is 7.38. The SMILES string of the molecule is CCSCCN1CCC(C(=N)N)CC1. The van der Waals surface area contributed by atoms with E-state index in [4.69, 9.17) is 11.1 Å². The number of hydrogen-bond acceptors (Lipinski definition) is 3. The highest BCUT2D eigenvalue weighted by atomic mass is 32.2. The molecule has 1 heterocycles. The molecule has 0 aromatic carbocycles. The summed E-state index contributed by atoms with van der Waals surface area (Å²) in [5.74, 6) is 3.18. The molecule has 0 bridgehead atoms. The van der Waals surface area contributed by atoms with Crippen molar-refractivity contribution in [1.29, 1.82) is 5.41 Å². The van der Waals surface area contributed by atoms with E-state index in [9.17, 15) is 0 Å². The highest BCUT2D eigenvalue weighted by Gasteiger charge is 2.20. The topological polar surface area (TPSA) is 53.1 Å². The summed E-state index contributed by atoms with van der Waals surface area (Å²) < 4.78 is 0. The normalized spacial score (nSPS) is 19.8. The van der Waals surface area contributed by atoms with Gasteiger partial charge in [-0.3, -0.25) is 5.41 Å². The Morgan fingerprint density at radius 3 is 2.64 bits per heavy atom. The predicted octanol–water partition coefficient (Wildman–Crippen LogP) is 1.39. The number of piperidine rings is 1. The number of hydrogen-bond donors (Lipinski definition) is 2. The van der Waals surface area contributed by atoms with Crippen LogP contribution >= 0.6 is 11.8 Å². The van der Waals surface area contributed by atoms with E-state index in [0.29, 0.717) is 11.8 Å². The molecule has 1 saturated heterocycles. The van der Waals surface area contributed by atoms with Gasteiger partial charge in [0, 0.05) is 18.2 Å². The Balaban J connectivity index is 2.12. The molecule has 1 aliphatic heterocycles. The van der Waals surface area contributed by atoms with Crippen LogP contribution < -0.4 is 5.73 Å². The van der Waals surface area contributed by atoms with Crippen LogP contribution in [-0.2, 0) is 0 Å². The molecular formula is C10H21N3S. The predicted molar refractivity (Wildman–Crippen MR) is 64.1 cm³/mol. The molecule has 14 heavy (non-hydrogen) atoms. The van der Waals surface area contributed by atoms with Crippen LogP contribution in [0.1, 0.15) is 19.8 Å². The average Bonchev–Trinajstić information content (AvgIpc) is 2.19. The Kier molecular flexibility index (Phi) is 5.33. The maximum absolute atomic E-state index is 7.38. The first-order valence-corrected chi connectivity index (χ1v) is 6.53. The Hall–Kier alpha value is -0.220. The fourth-order valence-corrected chi connectivity index (χ4v) is 2.48. The number of likely N-dealkylation sites (tertiary alicyclic amines) is 1. The van der Waals surface area contributed by atoms with Gasteiger partial charge < -0.3 is 10.6 Å². The highest BCUT2D eigenvalue weighted by molar-refractivity contribution is 7.99. The Morgan fingerprint density at radius 2 is 2.14 bits per heavy atom. The number of thioether (sulfide) groups is 1. The van der Waals surface area contributed by atoms with Gasteiger partial charge in [0.05, 0.1) is 5.84 Å². The van der Waals surface area contributed by atoms with Crippen molar-refractivity contribution >= 4 is 17.6 Å². The molecule has 0 unspecified atom stereocenters. The van der Waals surface area contributed by atoms with Crippen molar-refractivity contribution in [1.82, 2.24) is 4.90 Å². The van der Waals surface area contributed by atoms with Crippen LogP contribution in [0, 0.1) is 11.3 Å². The molecule has 3 nitrogen and oxygen atoms in total. The lowest BCUT2D eigenvalue weighted by molar-refractivity contribution is 0.220. The summed E-state index contributed by atoms with van der Waals surface area (Å²) in [6, 6.07) is 0. The molecule has 0 saturated carbocycles. The van der Waals surface area contributed by atoms with Gasteiger partial charge in [0.2, 0.25) is 0 Å². The van der Waals surface area contributed by atoms with Crippen molar-refractivity contribution in [2.45, 2.75) is 19.8 Å². The third-order valence-electron chi connectivity index (χ3n) is 2.78. The lowest BCUT2D eigenvalue weighted by Gasteiger charge is -2.31. The molecule has 0 amide bonds. The average molecular weight is 215 g/mol. The van der Waals surface area contributed by atoms with Crippen LogP contribution in [-0.4, -0.2) is 41.9 Å². The van der Waals surface area contributed by atoms with Gasteiger partial charge in [0.15, 0.2) is 0 Å². The number of nitrogens with one attached hydrogen (secondary N) is 1. The minimum atomic E-state index is 0.352. The van der Waals surface area contributed by atoms with E-state index in [1.165, 1.54) is 18.1 Å². The summed E-state index contributed by atoms with van der Waals surface area (Å²) in [5.41, 5.74) is 5.49. The molecule has 1 rings (SSSR count). The quantitative estimate of drug-likeness (QED) is 0.414. The second-order valence-electron chi connectivity index (χ2n) is 3.77. The molecule has 0 aliphatic carbocycles. The molecule has 0 radical (unpaired) electrons. The van der Waals surface area contributed by atoms with Gasteiger partial charge >= 0.3 is 0 Å². The number of rotatable bonds is 5. The fourth-order valence-electron chi connectivity index (χ4n) is 1.81. The minimum Gasteiger partial charge on any atom is -0.387 e. The molecular weight excluding hydrogens is 194 g/mol. The van der Waals surface area contributed by atoms with Gasteiger partial charge in [-0.1, -0.05) is 6.92 Å². The van der Waals surface area contributed by atoms with Crippen LogP contribution in [0.5, 0.6) is 0 Å². The smallest absolute Gasteiger partial charge is 0.0937 e. The van der Waals surface area contributed by atoms with Crippen molar-refractivity contribution < 1.29 is 0 Å². The van der Waals surface area contributed by atoms with Crippen molar-refractivity contribution in [3.05, 3.63) is 0 Å². The van der Waals surface area contributed by atoms with Crippen molar-refractivity contribution in [3.8, 4) is 0 Å². The Bertz CT molecular complexity index is 176. The van der Waals surface area contributed by atoms with E-state index in [1.54, 1.807) is 0 Å². The largest absolute Gasteiger partial charge is 0.387 e. The Morgan fingerprint density at radius 1 is 1.50 bits per heavy atom. The van der Waals surface area contributed by atoms with Crippen molar-refractivity contribution in [3.63, 3.8) is 0 Å². The van der Waals surface area contributed by atoms with Gasteiger partial charge in [-0.25, -0.2) is 0 Å². The molecule has 1 aliphatic rings. The molecule has 1 fully saturated rings. The third kappa shape index (κ3) is 3.88. The van der Waals surface area contributed by atoms with Crippen LogP contribution in [0.4, 0.5) is 0 Å². The van der Waals surface area contributed by atoms with E-state index >= 15 is 0 Å². The lowest BCUT2D eigenvalue weighted by atomic mass is 9.96. The first-order chi connectivity index (χ1) is 6.74. The zero-order valence-electron chi connectivity index (χ0n) is 8.96. The summed E-state index contributed by atoms with van der Waals surface area (Å²) in [6.45, 7) is 5.64. The van der Waals surface area contributed by atoms with Gasteiger partial charge in [-0.15, -0.1) is 0 Å². The zero-order valence-corrected chi connectivity index (χ0v) is 9.78. The molecule has 0 spiro atoms. The van der Waals surface area contributed by atoms with Crippen LogP contribution in [0.3, 0.4) is 0 Å². The minimum absolute atomic E-state index is 0.352. The standard InChI is InChI=1S/C10H21N3S/c1-2-14-8-7-13-5-3-9(4-6-13)10(11)12/h9H,2-8H2,1H3,(H3,11,12). The van der Waals surface area contributed by atoms with E-state index < -0.39 is 0 Å². The molecule has 82 valence electrons. The maximum Gasteiger partial charge on any atom is 0.0937 e. The fraction of sp³-hybridized carbons (Fsp3) is 0.900. The molecule has 0 atom stereocenters. The summed E-state index contributed by atoms with van der Waals surface area (Å²) >= 11 is 2.00. The number of nitrogens with two attached hydrogens (primary N) is 1. The summed E-state index contributed by atoms with van der Waals surface area (Å²) in [7, 11) is 0. The van der Waals surface area contributed by atoms with E-state index in [0.717, 1.165) is 25.9 Å². The van der Waals surface area contributed by atoms with Crippen LogP contribution in [0.15, 0.2) is 0 Å². The van der Waals surface area contributed by atoms with E-state index in [-0.39, 0.29) is 0 Å².